The molecule has 0 saturated carbocycles. The van der Waals surface area contributed by atoms with E-state index in [0.29, 0.717) is 38.5 Å². The van der Waals surface area contributed by atoms with Crippen LogP contribution in [0.4, 0.5) is 0 Å². The molecule has 0 spiro atoms. The van der Waals surface area contributed by atoms with Crippen LogP contribution in [0.5, 0.6) is 0 Å². The summed E-state index contributed by atoms with van der Waals surface area (Å²) in [6.07, 6.45) is 2.34. The van der Waals surface area contributed by atoms with E-state index in [1.165, 1.54) is 9.80 Å². The highest BCUT2D eigenvalue weighted by atomic mass is 16.2. The summed E-state index contributed by atoms with van der Waals surface area (Å²) in [6.45, 7) is 0.522. The minimum absolute atomic E-state index is 0.104. The number of rotatable bonds is 10. The van der Waals surface area contributed by atoms with E-state index in [1.54, 1.807) is 24.3 Å². The molecule has 392 valence electrons. The van der Waals surface area contributed by atoms with Crippen molar-refractivity contribution in [2.75, 3.05) is 52.4 Å². The molecule has 22 nitrogen and oxygen atoms in total. The van der Waals surface area contributed by atoms with Crippen LogP contribution >= 0.6 is 0 Å². The van der Waals surface area contributed by atoms with Gasteiger partial charge < -0.3 is 63.8 Å². The monoisotopic (exact) mass is 1000 g/mol. The van der Waals surface area contributed by atoms with Crippen LogP contribution in [0.25, 0.3) is 0 Å². The Kier molecular flexibility index (Phi) is 22.9. The van der Waals surface area contributed by atoms with Crippen LogP contribution in [0, 0.1) is 0 Å². The van der Waals surface area contributed by atoms with Crippen molar-refractivity contribution < 1.29 is 47.9 Å². The van der Waals surface area contributed by atoms with Crippen LogP contribution in [0.1, 0.15) is 88.2 Å². The predicted molar refractivity (Wildman–Crippen MR) is 265 cm³/mol. The first-order valence-electron chi connectivity index (χ1n) is 25.1. The van der Waals surface area contributed by atoms with Gasteiger partial charge in [0, 0.05) is 77.8 Å². The molecule has 2 aromatic rings. The summed E-state index contributed by atoms with van der Waals surface area (Å²) in [5, 5.41) is 21.8. The van der Waals surface area contributed by atoms with E-state index < -0.39 is 95.3 Å². The Morgan fingerprint density at radius 3 is 1.08 bits per heavy atom. The average molecular weight is 1000 g/mol. The molecule has 3 saturated heterocycles. The topological polar surface area (TPSA) is 325 Å². The van der Waals surface area contributed by atoms with Gasteiger partial charge in [-0.15, -0.1) is 0 Å². The molecule has 72 heavy (non-hydrogen) atoms. The number of hydrogen-bond acceptors (Lipinski definition) is 12. The number of carbonyl (C=O) groups excluding carboxylic acids is 10. The van der Waals surface area contributed by atoms with Gasteiger partial charge in [0.2, 0.25) is 59.1 Å². The molecule has 0 bridgehead atoms. The number of hydrogen-bond donors (Lipinski definition) is 10. The minimum atomic E-state index is -1.06. The fourth-order valence-electron chi connectivity index (χ4n) is 9.03. The van der Waals surface area contributed by atoms with Gasteiger partial charge in [-0.1, -0.05) is 60.7 Å². The molecule has 22 heteroatoms. The Hall–Kier alpha value is -6.94. The zero-order valence-electron chi connectivity index (χ0n) is 40.9. The van der Waals surface area contributed by atoms with Gasteiger partial charge in [-0.05, 0) is 75.6 Å². The summed E-state index contributed by atoms with van der Waals surface area (Å²) in [7, 11) is 0. The van der Waals surface area contributed by atoms with Crippen molar-refractivity contribution in [3.63, 3.8) is 0 Å². The highest BCUT2D eigenvalue weighted by Gasteiger charge is 2.39. The van der Waals surface area contributed by atoms with E-state index in [4.69, 9.17) is 11.5 Å². The number of benzene rings is 2. The van der Waals surface area contributed by atoms with Gasteiger partial charge in [-0.2, -0.15) is 0 Å². The quantitative estimate of drug-likeness (QED) is 0.123. The molecule has 12 N–H and O–H groups in total. The molecule has 5 rings (SSSR count). The number of nitrogens with zero attached hydrogens (tertiary/aromatic N) is 2. The summed E-state index contributed by atoms with van der Waals surface area (Å²) in [5.74, 6) is -5.17. The lowest BCUT2D eigenvalue weighted by atomic mass is 10.0. The molecule has 0 unspecified atom stereocenters. The third kappa shape index (κ3) is 17.7. The molecule has 0 radical (unpaired) electrons. The molecular formula is C50H72N12O10. The second-order valence-corrected chi connectivity index (χ2v) is 18.3. The van der Waals surface area contributed by atoms with Gasteiger partial charge >= 0.3 is 0 Å². The molecule has 2 aromatic carbocycles. The molecule has 0 aliphatic carbocycles. The fraction of sp³-hybridized carbons (Fsp3) is 0.560. The van der Waals surface area contributed by atoms with Crippen molar-refractivity contribution in [1.82, 2.24) is 52.3 Å². The number of amides is 10. The maximum Gasteiger partial charge on any atom is 0.246 e. The zero-order valence-corrected chi connectivity index (χ0v) is 40.9. The lowest BCUT2D eigenvalue weighted by Crippen LogP contribution is -2.55. The van der Waals surface area contributed by atoms with Crippen molar-refractivity contribution >= 4 is 59.1 Å². The summed E-state index contributed by atoms with van der Waals surface area (Å²) < 4.78 is 0. The zero-order chi connectivity index (χ0) is 51.8. The lowest BCUT2D eigenvalue weighted by Gasteiger charge is -2.29. The molecule has 10 amide bonds. The van der Waals surface area contributed by atoms with Crippen LogP contribution in [0.3, 0.4) is 0 Å². The van der Waals surface area contributed by atoms with Crippen molar-refractivity contribution in [3.05, 3.63) is 71.8 Å². The van der Waals surface area contributed by atoms with E-state index in [-0.39, 0.29) is 104 Å². The fourth-order valence-corrected chi connectivity index (χ4v) is 9.03. The van der Waals surface area contributed by atoms with Crippen LogP contribution in [0.2, 0.25) is 0 Å². The van der Waals surface area contributed by atoms with E-state index >= 15 is 0 Å². The van der Waals surface area contributed by atoms with Crippen LogP contribution in [-0.4, -0.2) is 157 Å². The number of fused-ring (bicyclic) bond motifs is 2. The first-order valence-corrected chi connectivity index (χ1v) is 25.1. The number of carbonyl (C=O) groups is 10. The Labute approximate surface area is 420 Å². The van der Waals surface area contributed by atoms with Gasteiger partial charge in [0.25, 0.3) is 0 Å². The Morgan fingerprint density at radius 1 is 0.431 bits per heavy atom. The smallest absolute Gasteiger partial charge is 0.246 e. The first kappa shape index (κ1) is 56.0. The molecule has 6 atom stereocenters. The van der Waals surface area contributed by atoms with Crippen LogP contribution < -0.4 is 54.0 Å². The van der Waals surface area contributed by atoms with Crippen molar-refractivity contribution in [1.29, 1.82) is 0 Å². The Morgan fingerprint density at radius 2 is 0.750 bits per heavy atom. The lowest BCUT2D eigenvalue weighted by molar-refractivity contribution is -0.141. The molecule has 0 aromatic heterocycles. The largest absolute Gasteiger partial charge is 0.354 e. The van der Waals surface area contributed by atoms with Gasteiger partial charge in [-0.25, -0.2) is 0 Å². The number of nitrogens with two attached hydrogens (primary N) is 2. The van der Waals surface area contributed by atoms with E-state index in [2.05, 4.69) is 42.5 Å². The predicted octanol–water partition coefficient (Wildman–Crippen LogP) is -2.09. The summed E-state index contributed by atoms with van der Waals surface area (Å²) in [4.78, 5) is 138. The third-order valence-corrected chi connectivity index (χ3v) is 12.8. The SMILES string of the molecule is NCCC[C@@H]1NC(=O)CCNC(=O)[C@@H]2CCCN2C(=O)[C@@H](Cc2ccccc2)NC(=O)CCNC(=O)[C@H](CCCN)NC(=O)CCNC(=O)[C@@H]2CCCN2C(=O)[C@@H](Cc2ccccc2)NC(=O)CCNC1=O. The van der Waals surface area contributed by atoms with Gasteiger partial charge in [0.05, 0.1) is 0 Å². The second kappa shape index (κ2) is 29.4. The van der Waals surface area contributed by atoms with Gasteiger partial charge in [0.1, 0.15) is 36.3 Å². The molecule has 3 aliphatic rings. The maximum absolute atomic E-state index is 14.2. The van der Waals surface area contributed by atoms with E-state index in [1.807, 2.05) is 36.4 Å². The highest BCUT2D eigenvalue weighted by Crippen LogP contribution is 2.22. The van der Waals surface area contributed by atoms with Crippen LogP contribution in [-0.2, 0) is 60.8 Å². The Bertz CT molecular complexity index is 2030. The summed E-state index contributed by atoms with van der Waals surface area (Å²) in [5.41, 5.74) is 13.0. The molecule has 3 heterocycles. The highest BCUT2D eigenvalue weighted by molar-refractivity contribution is 5.95. The summed E-state index contributed by atoms with van der Waals surface area (Å²) >= 11 is 0. The van der Waals surface area contributed by atoms with Crippen molar-refractivity contribution in [3.8, 4) is 0 Å². The minimum Gasteiger partial charge on any atom is -0.354 e. The van der Waals surface area contributed by atoms with Crippen molar-refractivity contribution in [2.45, 2.75) is 126 Å². The average Bonchev–Trinajstić information content (AvgIpc) is 4.08. The maximum atomic E-state index is 14.2. The molecule has 3 aliphatic heterocycles. The third-order valence-electron chi connectivity index (χ3n) is 12.8. The van der Waals surface area contributed by atoms with Crippen molar-refractivity contribution in [2.24, 2.45) is 11.5 Å². The van der Waals surface area contributed by atoms with E-state index in [9.17, 15) is 47.9 Å². The van der Waals surface area contributed by atoms with Gasteiger partial charge in [0.15, 0.2) is 0 Å². The molecular weight excluding hydrogens is 929 g/mol. The van der Waals surface area contributed by atoms with Crippen LogP contribution in [0.15, 0.2) is 60.7 Å². The van der Waals surface area contributed by atoms with E-state index in [0.717, 1.165) is 11.1 Å². The van der Waals surface area contributed by atoms with Gasteiger partial charge in [-0.3, -0.25) is 47.9 Å². The second-order valence-electron chi connectivity index (χ2n) is 18.3. The number of nitrogens with one attached hydrogen (secondary N) is 8. The Balaban J connectivity index is 1.32. The first-order chi connectivity index (χ1) is 34.8. The normalized spacial score (nSPS) is 24.8. The molecule has 3 fully saturated rings. The standard InChI is InChI=1S/C50H72N12O10/c51-23-7-15-35-45(67)53-25-19-43(65)59-37(31-33-11-3-1-4-12-33)49(71)61-29-9-17-39(61)47(69)55-27-21-41(63)58-36(16-8-24-52)46(68)54-26-20-44(66)60-38(32-34-13-5-2-6-14-34)50(72)62-30-10-18-40(62)48(70)56-28-22-42(64)57-35/h1-6,11-14,35-40H,7-10,15-32,51-52H2,(H,53,67)(H,54,68)(H,55,69)(H,56,70)(H,57,64)(H,58,63)(H,59,65)(H,60,66)/t35-,36-,37+,38+,39-,40-/m0/s1. The summed E-state index contributed by atoms with van der Waals surface area (Å²) in [6, 6.07) is 12.2.